The number of benzene rings is 3. The van der Waals surface area contributed by atoms with Gasteiger partial charge >= 0.3 is 25.3 Å². The molecule has 14 heteroatoms. The molecular formula is C25H20F9NO4. The van der Waals surface area contributed by atoms with Crippen LogP contribution in [0.4, 0.5) is 39.5 Å². The van der Waals surface area contributed by atoms with Gasteiger partial charge in [-0.25, -0.2) is 0 Å². The zero-order valence-corrected chi connectivity index (χ0v) is 19.5. The lowest BCUT2D eigenvalue weighted by Gasteiger charge is -2.24. The van der Waals surface area contributed by atoms with Crippen LogP contribution in [0, 0.1) is 0 Å². The van der Waals surface area contributed by atoms with Crippen molar-refractivity contribution in [3.63, 3.8) is 0 Å². The molecule has 2 N–H and O–H groups in total. The number of nitrogens with one attached hydrogen (secondary N) is 1. The van der Waals surface area contributed by atoms with Crippen LogP contribution in [0.2, 0.25) is 0 Å². The maximum atomic E-state index is 13.4. The van der Waals surface area contributed by atoms with Crippen LogP contribution in [0.1, 0.15) is 17.2 Å². The summed E-state index contributed by atoms with van der Waals surface area (Å²) in [5.41, 5.74) is 0.232. The second kappa shape index (κ2) is 12.5. The molecule has 0 bridgehead atoms. The molecule has 0 amide bonds. The molecule has 2 atom stereocenters. The van der Waals surface area contributed by atoms with Gasteiger partial charge < -0.3 is 24.6 Å². The molecule has 212 valence electrons. The lowest BCUT2D eigenvalue weighted by Crippen LogP contribution is -2.40. The fourth-order valence-electron chi connectivity index (χ4n) is 3.34. The van der Waals surface area contributed by atoms with Crippen molar-refractivity contribution in [3.05, 3.63) is 83.9 Å². The molecule has 0 saturated heterocycles. The van der Waals surface area contributed by atoms with E-state index in [0.717, 1.165) is 24.3 Å². The van der Waals surface area contributed by atoms with Crippen molar-refractivity contribution >= 4 is 0 Å². The van der Waals surface area contributed by atoms with E-state index in [4.69, 9.17) is 4.74 Å². The number of hydrogen-bond acceptors (Lipinski definition) is 5. The first-order valence-electron chi connectivity index (χ1n) is 11.0. The molecule has 39 heavy (non-hydrogen) atoms. The summed E-state index contributed by atoms with van der Waals surface area (Å²) in [5, 5.41) is 11.9. The molecule has 0 aliphatic carbocycles. The molecule has 3 aromatic carbocycles. The van der Waals surface area contributed by atoms with Crippen molar-refractivity contribution in [2.24, 2.45) is 0 Å². The number of ether oxygens (including phenoxy) is 3. The molecule has 0 aliphatic rings. The largest absolute Gasteiger partial charge is 0.461 e. The van der Waals surface area contributed by atoms with Crippen molar-refractivity contribution in [2.75, 3.05) is 6.54 Å². The molecular weight excluding hydrogens is 549 g/mol. The third kappa shape index (κ3) is 8.68. The topological polar surface area (TPSA) is 60.0 Å². The quantitative estimate of drug-likeness (QED) is 0.232. The number of alkyl halides is 9. The normalized spacial score (nSPS) is 13.8. The van der Waals surface area contributed by atoms with Gasteiger partial charge in [-0.3, -0.25) is 0 Å². The number of aliphatic hydroxyl groups excluding tert-OH is 1. The van der Waals surface area contributed by atoms with Gasteiger partial charge in [0.05, 0.1) is 6.04 Å². The second-order valence-corrected chi connectivity index (χ2v) is 7.96. The summed E-state index contributed by atoms with van der Waals surface area (Å²) in [5.74, 6) is -0.714. The predicted molar refractivity (Wildman–Crippen MR) is 120 cm³/mol. The van der Waals surface area contributed by atoms with Crippen molar-refractivity contribution in [2.45, 2.75) is 37.5 Å². The number of halogens is 9. The zero-order chi connectivity index (χ0) is 28.8. The summed E-state index contributed by atoms with van der Waals surface area (Å²) >= 11 is 0. The maximum Gasteiger partial charge on any atom is 0.461 e. The van der Waals surface area contributed by atoms with Crippen LogP contribution in [-0.4, -0.2) is 43.1 Å². The van der Waals surface area contributed by atoms with Crippen LogP contribution in [0.3, 0.4) is 0 Å². The van der Waals surface area contributed by atoms with Crippen molar-refractivity contribution in [1.82, 2.24) is 5.32 Å². The summed E-state index contributed by atoms with van der Waals surface area (Å²) in [4.78, 5) is 0. The summed E-state index contributed by atoms with van der Waals surface area (Å²) in [6.45, 7) is -4.10. The molecule has 5 nitrogen and oxygen atoms in total. The van der Waals surface area contributed by atoms with Gasteiger partial charge in [-0.2, -0.15) is 39.5 Å². The Kier molecular flexibility index (Phi) is 9.56. The summed E-state index contributed by atoms with van der Waals surface area (Å²) < 4.78 is 130. The standard InChI is InChI=1S/C25H20F9NO4/c26-22(27)25(33,34)39-19-9-2-5-15(11-19)21(35-13-20(36)24(30,31)32)14-4-1-6-16(10-14)37-17-7-3-8-18(12-17)38-23(28)29/h1-12,20-23,35-36H,13H2/t20-,21-/m1/s1. The van der Waals surface area contributed by atoms with E-state index in [2.05, 4.69) is 14.8 Å². The maximum absolute atomic E-state index is 13.4. The van der Waals surface area contributed by atoms with E-state index < -0.39 is 49.8 Å². The first-order valence-corrected chi connectivity index (χ1v) is 11.0. The molecule has 0 saturated carbocycles. The van der Waals surface area contributed by atoms with E-state index in [0.29, 0.717) is 0 Å². The van der Waals surface area contributed by atoms with Crippen LogP contribution in [0.5, 0.6) is 23.0 Å². The highest BCUT2D eigenvalue weighted by Crippen LogP contribution is 2.33. The monoisotopic (exact) mass is 569 g/mol. The zero-order valence-electron chi connectivity index (χ0n) is 19.5. The van der Waals surface area contributed by atoms with Crippen LogP contribution in [-0.2, 0) is 0 Å². The van der Waals surface area contributed by atoms with E-state index in [9.17, 15) is 44.6 Å². The van der Waals surface area contributed by atoms with Gasteiger partial charge in [0.2, 0.25) is 0 Å². The lowest BCUT2D eigenvalue weighted by molar-refractivity contribution is -0.253. The van der Waals surface area contributed by atoms with Gasteiger partial charge in [0, 0.05) is 12.6 Å². The average Bonchev–Trinajstić information content (AvgIpc) is 2.83. The molecule has 0 aliphatic heterocycles. The van der Waals surface area contributed by atoms with Gasteiger partial charge in [0.15, 0.2) is 6.10 Å². The molecule has 0 unspecified atom stereocenters. The smallest absolute Gasteiger partial charge is 0.457 e. The van der Waals surface area contributed by atoms with Gasteiger partial charge in [-0.1, -0.05) is 30.3 Å². The van der Waals surface area contributed by atoms with Crippen LogP contribution in [0.25, 0.3) is 0 Å². The number of rotatable bonds is 12. The van der Waals surface area contributed by atoms with Gasteiger partial charge in [0.1, 0.15) is 23.0 Å². The minimum Gasteiger partial charge on any atom is -0.457 e. The van der Waals surface area contributed by atoms with E-state index in [-0.39, 0.29) is 28.4 Å². The molecule has 3 aromatic rings. The predicted octanol–water partition coefficient (Wildman–Crippen LogP) is 6.92. The minimum atomic E-state index is -4.97. The van der Waals surface area contributed by atoms with Gasteiger partial charge in [-0.15, -0.1) is 0 Å². The van der Waals surface area contributed by atoms with E-state index in [1.807, 2.05) is 0 Å². The molecule has 0 heterocycles. The van der Waals surface area contributed by atoms with E-state index >= 15 is 0 Å². The third-order valence-electron chi connectivity index (χ3n) is 5.05. The average molecular weight is 569 g/mol. The van der Waals surface area contributed by atoms with Gasteiger partial charge in [-0.05, 0) is 47.5 Å². The molecule has 0 aromatic heterocycles. The fraction of sp³-hybridized carbons (Fsp3) is 0.280. The Bertz CT molecular complexity index is 1220. The molecule has 0 fully saturated rings. The SMILES string of the molecule is O[C@H](CN[C@H](c1cccc(Oc2cccc(OC(F)F)c2)c1)c1cccc(OC(F)(F)C(F)F)c1)C(F)(F)F. The lowest BCUT2D eigenvalue weighted by atomic mass is 9.98. The van der Waals surface area contributed by atoms with E-state index in [1.54, 1.807) is 0 Å². The van der Waals surface area contributed by atoms with Crippen LogP contribution in [0.15, 0.2) is 72.8 Å². The Morgan fingerprint density at radius 2 is 1.23 bits per heavy atom. The Labute approximate surface area is 215 Å². The molecule has 0 radical (unpaired) electrons. The minimum absolute atomic E-state index is 0.0245. The third-order valence-corrected chi connectivity index (χ3v) is 5.05. The van der Waals surface area contributed by atoms with E-state index in [1.165, 1.54) is 48.5 Å². The number of hydrogen-bond donors (Lipinski definition) is 2. The highest BCUT2D eigenvalue weighted by molar-refractivity contribution is 5.42. The first kappa shape index (κ1) is 29.9. The highest BCUT2D eigenvalue weighted by Gasteiger charge is 2.44. The van der Waals surface area contributed by atoms with Crippen LogP contribution >= 0.6 is 0 Å². The molecule has 0 spiro atoms. The molecule has 3 rings (SSSR count). The van der Waals surface area contributed by atoms with Gasteiger partial charge in [0.25, 0.3) is 0 Å². The Hall–Kier alpha value is -3.65. The summed E-state index contributed by atoms with van der Waals surface area (Å²) in [7, 11) is 0. The fourth-order valence-corrected chi connectivity index (χ4v) is 3.34. The Morgan fingerprint density at radius 3 is 1.79 bits per heavy atom. The summed E-state index contributed by atoms with van der Waals surface area (Å²) in [6, 6.07) is 14.0. The van der Waals surface area contributed by atoms with Crippen LogP contribution < -0.4 is 19.5 Å². The first-order chi connectivity index (χ1) is 18.2. The van der Waals surface area contributed by atoms with Crippen molar-refractivity contribution in [3.8, 4) is 23.0 Å². The second-order valence-electron chi connectivity index (χ2n) is 7.96. The Balaban J connectivity index is 1.93. The van der Waals surface area contributed by atoms with Crippen molar-refractivity contribution < 1.29 is 58.8 Å². The number of aliphatic hydroxyl groups is 1. The Morgan fingerprint density at radius 1 is 0.718 bits per heavy atom. The van der Waals surface area contributed by atoms with Crippen molar-refractivity contribution in [1.29, 1.82) is 0 Å². The summed E-state index contributed by atoms with van der Waals surface area (Å²) in [6.07, 6.45) is -16.7. The highest BCUT2D eigenvalue weighted by atomic mass is 19.4.